The predicted molar refractivity (Wildman–Crippen MR) is 75.5 cm³/mol. The number of fused-ring (bicyclic) bond motifs is 1. The number of carbonyl (C=O) groups is 1. The number of H-pyrrole nitrogens is 1. The van der Waals surface area contributed by atoms with E-state index in [9.17, 15) is 9.18 Å². The molecule has 0 atom stereocenters. The summed E-state index contributed by atoms with van der Waals surface area (Å²) < 4.78 is 13.0. The second kappa shape index (κ2) is 4.94. The number of rotatable bonds is 2. The molecule has 0 spiro atoms. The lowest BCUT2D eigenvalue weighted by molar-refractivity contribution is 0.102. The molecule has 0 radical (unpaired) electrons. The number of benzene rings is 1. The third kappa shape index (κ3) is 2.48. The first-order chi connectivity index (χ1) is 9.61. The van der Waals surface area contributed by atoms with Crippen molar-refractivity contribution in [2.75, 3.05) is 5.32 Å². The van der Waals surface area contributed by atoms with Crippen molar-refractivity contribution in [3.05, 3.63) is 59.1 Å². The van der Waals surface area contributed by atoms with E-state index >= 15 is 0 Å². The van der Waals surface area contributed by atoms with Gasteiger partial charge < -0.3 is 10.3 Å². The van der Waals surface area contributed by atoms with Crippen molar-refractivity contribution < 1.29 is 9.18 Å². The van der Waals surface area contributed by atoms with Gasteiger partial charge in [0.15, 0.2) is 0 Å². The van der Waals surface area contributed by atoms with Gasteiger partial charge in [-0.15, -0.1) is 0 Å². The molecule has 0 aliphatic carbocycles. The van der Waals surface area contributed by atoms with Gasteiger partial charge in [-0.05, 0) is 36.4 Å². The molecule has 0 saturated heterocycles. The highest BCUT2D eigenvalue weighted by Gasteiger charge is 2.11. The first kappa shape index (κ1) is 12.6. The molecule has 2 aromatic heterocycles. The first-order valence-corrected chi connectivity index (χ1v) is 6.22. The molecule has 1 aromatic carbocycles. The van der Waals surface area contributed by atoms with Crippen LogP contribution in [0.3, 0.4) is 0 Å². The zero-order valence-electron chi connectivity index (χ0n) is 10.2. The molecule has 3 aromatic rings. The van der Waals surface area contributed by atoms with Crippen LogP contribution in [-0.4, -0.2) is 15.9 Å². The van der Waals surface area contributed by atoms with E-state index in [0.29, 0.717) is 22.2 Å². The van der Waals surface area contributed by atoms with Crippen molar-refractivity contribution in [3.8, 4) is 0 Å². The molecule has 1 amide bonds. The van der Waals surface area contributed by atoms with Gasteiger partial charge in [0.25, 0.3) is 5.91 Å². The predicted octanol–water partition coefficient (Wildman–Crippen LogP) is 3.61. The van der Waals surface area contributed by atoms with E-state index in [-0.39, 0.29) is 5.91 Å². The van der Waals surface area contributed by atoms with Crippen molar-refractivity contribution in [2.45, 2.75) is 0 Å². The molecule has 6 heteroatoms. The van der Waals surface area contributed by atoms with Crippen LogP contribution in [0.25, 0.3) is 11.0 Å². The highest BCUT2D eigenvalue weighted by atomic mass is 35.5. The minimum atomic E-state index is -0.409. The Labute approximate surface area is 118 Å². The molecular formula is C14H9ClFN3O. The highest BCUT2D eigenvalue weighted by molar-refractivity contribution is 6.29. The second-order valence-corrected chi connectivity index (χ2v) is 4.61. The quantitative estimate of drug-likeness (QED) is 0.708. The number of hydrogen-bond acceptors (Lipinski definition) is 2. The van der Waals surface area contributed by atoms with Crippen molar-refractivity contribution in [2.24, 2.45) is 0 Å². The normalized spacial score (nSPS) is 10.7. The number of aromatic nitrogens is 2. The molecule has 20 heavy (non-hydrogen) atoms. The highest BCUT2D eigenvalue weighted by Crippen LogP contribution is 2.17. The Morgan fingerprint density at radius 3 is 2.90 bits per heavy atom. The zero-order valence-corrected chi connectivity index (χ0v) is 10.9. The molecule has 100 valence electrons. The Bertz CT molecular complexity index is 800. The fourth-order valence-electron chi connectivity index (χ4n) is 1.87. The number of hydrogen-bond donors (Lipinski definition) is 2. The number of nitrogens with one attached hydrogen (secondary N) is 2. The summed E-state index contributed by atoms with van der Waals surface area (Å²) in [5, 5.41) is 3.72. The maximum absolute atomic E-state index is 13.0. The minimum absolute atomic E-state index is 0.332. The third-order valence-corrected chi connectivity index (χ3v) is 2.98. The summed E-state index contributed by atoms with van der Waals surface area (Å²) in [6.45, 7) is 0. The molecule has 4 nitrogen and oxygen atoms in total. The SMILES string of the molecule is O=C(Nc1cccc(F)c1)c1cc2ccc(Cl)nc2[nH]1. The average Bonchev–Trinajstić information content (AvgIpc) is 2.81. The molecule has 0 aliphatic heterocycles. The Morgan fingerprint density at radius 1 is 1.25 bits per heavy atom. The number of pyridine rings is 1. The topological polar surface area (TPSA) is 57.8 Å². The van der Waals surface area contributed by atoms with Crippen LogP contribution in [0.1, 0.15) is 10.5 Å². The lowest BCUT2D eigenvalue weighted by atomic mass is 10.3. The summed E-state index contributed by atoms with van der Waals surface area (Å²) in [6, 6.07) is 10.8. The van der Waals surface area contributed by atoms with Gasteiger partial charge >= 0.3 is 0 Å². The van der Waals surface area contributed by atoms with Crippen LogP contribution in [0.15, 0.2) is 42.5 Å². The van der Waals surface area contributed by atoms with Crippen molar-refractivity contribution in [3.63, 3.8) is 0 Å². The van der Waals surface area contributed by atoms with Gasteiger partial charge in [0.05, 0.1) is 0 Å². The molecule has 0 unspecified atom stereocenters. The van der Waals surface area contributed by atoms with Crippen LogP contribution < -0.4 is 5.32 Å². The number of amides is 1. The van der Waals surface area contributed by atoms with E-state index in [1.54, 1.807) is 24.3 Å². The van der Waals surface area contributed by atoms with Crippen LogP contribution in [0.5, 0.6) is 0 Å². The van der Waals surface area contributed by atoms with E-state index in [1.807, 2.05) is 0 Å². The van der Waals surface area contributed by atoms with E-state index < -0.39 is 5.82 Å². The van der Waals surface area contributed by atoms with Gasteiger partial charge in [0, 0.05) is 11.1 Å². The number of anilines is 1. The van der Waals surface area contributed by atoms with Crippen molar-refractivity contribution in [1.82, 2.24) is 9.97 Å². The Balaban J connectivity index is 1.88. The summed E-state index contributed by atoms with van der Waals surface area (Å²) >= 11 is 5.78. The maximum Gasteiger partial charge on any atom is 0.272 e. The second-order valence-electron chi connectivity index (χ2n) is 4.22. The number of nitrogens with zero attached hydrogens (tertiary/aromatic N) is 1. The fraction of sp³-hybridized carbons (Fsp3) is 0. The molecule has 0 fully saturated rings. The lowest BCUT2D eigenvalue weighted by Crippen LogP contribution is -2.12. The molecule has 0 aliphatic rings. The van der Waals surface area contributed by atoms with Crippen molar-refractivity contribution in [1.29, 1.82) is 0 Å². The Morgan fingerprint density at radius 2 is 2.10 bits per heavy atom. The third-order valence-electron chi connectivity index (χ3n) is 2.77. The minimum Gasteiger partial charge on any atom is -0.335 e. The van der Waals surface area contributed by atoms with Gasteiger partial charge in [0.2, 0.25) is 0 Å². The number of aromatic amines is 1. The van der Waals surface area contributed by atoms with Gasteiger partial charge in [-0.3, -0.25) is 4.79 Å². The van der Waals surface area contributed by atoms with E-state index in [2.05, 4.69) is 15.3 Å². The summed E-state index contributed by atoms with van der Waals surface area (Å²) in [5.41, 5.74) is 1.25. The van der Waals surface area contributed by atoms with Crippen LogP contribution in [0.4, 0.5) is 10.1 Å². The van der Waals surface area contributed by atoms with E-state index in [1.165, 1.54) is 18.2 Å². The zero-order chi connectivity index (χ0) is 14.1. The standard InChI is InChI=1S/C14H9ClFN3O/c15-12-5-4-8-6-11(18-13(8)19-12)14(20)17-10-3-1-2-9(16)7-10/h1-7H,(H,17,20)(H,18,19). The molecular weight excluding hydrogens is 281 g/mol. The van der Waals surface area contributed by atoms with Gasteiger partial charge in [0.1, 0.15) is 22.3 Å². The largest absolute Gasteiger partial charge is 0.335 e. The molecule has 3 rings (SSSR count). The molecule has 0 saturated carbocycles. The summed E-state index contributed by atoms with van der Waals surface area (Å²) in [7, 11) is 0. The van der Waals surface area contributed by atoms with Gasteiger partial charge in [-0.2, -0.15) is 0 Å². The van der Waals surface area contributed by atoms with Crippen LogP contribution >= 0.6 is 11.6 Å². The smallest absolute Gasteiger partial charge is 0.272 e. The molecule has 2 N–H and O–H groups in total. The Kier molecular flexibility index (Phi) is 3.12. The van der Waals surface area contributed by atoms with Crippen LogP contribution in [0, 0.1) is 5.82 Å². The summed E-state index contributed by atoms with van der Waals surface area (Å²) in [6.07, 6.45) is 0. The van der Waals surface area contributed by atoms with E-state index in [4.69, 9.17) is 11.6 Å². The fourth-order valence-corrected chi connectivity index (χ4v) is 2.02. The monoisotopic (exact) mass is 289 g/mol. The van der Waals surface area contributed by atoms with E-state index in [0.717, 1.165) is 5.39 Å². The Hall–Kier alpha value is -2.40. The molecule has 0 bridgehead atoms. The maximum atomic E-state index is 13.0. The summed E-state index contributed by atoms with van der Waals surface area (Å²) in [5.74, 6) is -0.780. The molecule has 2 heterocycles. The summed E-state index contributed by atoms with van der Waals surface area (Å²) in [4.78, 5) is 19.0. The average molecular weight is 290 g/mol. The van der Waals surface area contributed by atoms with Crippen molar-refractivity contribution >= 4 is 34.2 Å². The van der Waals surface area contributed by atoms with Crippen LogP contribution in [0.2, 0.25) is 5.15 Å². The lowest BCUT2D eigenvalue weighted by Gasteiger charge is -2.03. The van der Waals surface area contributed by atoms with Gasteiger partial charge in [-0.25, -0.2) is 9.37 Å². The number of carbonyl (C=O) groups excluding carboxylic acids is 1. The van der Waals surface area contributed by atoms with Gasteiger partial charge in [-0.1, -0.05) is 17.7 Å². The first-order valence-electron chi connectivity index (χ1n) is 5.84. The van der Waals surface area contributed by atoms with Crippen LogP contribution in [-0.2, 0) is 0 Å². The number of halogens is 2.